The van der Waals surface area contributed by atoms with E-state index in [0.29, 0.717) is 25.4 Å². The van der Waals surface area contributed by atoms with Crippen LogP contribution in [0.5, 0.6) is 5.75 Å². The molecule has 6 nitrogen and oxygen atoms in total. The van der Waals surface area contributed by atoms with E-state index in [0.717, 1.165) is 31.9 Å². The number of nitrogens with zero attached hydrogens (tertiary/aromatic N) is 3. The molecule has 1 N–H and O–H groups in total. The Labute approximate surface area is 143 Å². The van der Waals surface area contributed by atoms with Crippen LogP contribution in [0.4, 0.5) is 5.69 Å². The first-order chi connectivity index (χ1) is 11.5. The Morgan fingerprint density at radius 2 is 1.75 bits per heavy atom. The van der Waals surface area contributed by atoms with Gasteiger partial charge in [0.15, 0.2) is 0 Å². The normalized spacial score (nSPS) is 25.8. The van der Waals surface area contributed by atoms with Crippen LogP contribution in [0.25, 0.3) is 0 Å². The van der Waals surface area contributed by atoms with Crippen molar-refractivity contribution in [1.82, 2.24) is 9.80 Å². The summed E-state index contributed by atoms with van der Waals surface area (Å²) in [4.78, 5) is 18.8. The number of benzene rings is 1. The Hall–Kier alpha value is -1.79. The summed E-state index contributed by atoms with van der Waals surface area (Å²) in [7, 11) is 0. The average Bonchev–Trinajstić information content (AvgIpc) is 2.55. The van der Waals surface area contributed by atoms with E-state index in [1.54, 1.807) is 6.07 Å². The van der Waals surface area contributed by atoms with Gasteiger partial charge in [-0.2, -0.15) is 0 Å². The van der Waals surface area contributed by atoms with Gasteiger partial charge in [0.1, 0.15) is 5.75 Å². The highest BCUT2D eigenvalue weighted by molar-refractivity contribution is 5.78. The van der Waals surface area contributed by atoms with E-state index >= 15 is 0 Å². The molecule has 2 atom stereocenters. The molecule has 0 saturated carbocycles. The number of piperazine rings is 1. The minimum absolute atomic E-state index is 0.107. The van der Waals surface area contributed by atoms with Crippen molar-refractivity contribution in [3.8, 4) is 5.75 Å². The largest absolute Gasteiger partial charge is 0.506 e. The van der Waals surface area contributed by atoms with Gasteiger partial charge in [-0.25, -0.2) is 0 Å². The van der Waals surface area contributed by atoms with Crippen molar-refractivity contribution < 1.29 is 14.6 Å². The first-order valence-corrected chi connectivity index (χ1v) is 8.71. The fourth-order valence-corrected chi connectivity index (χ4v) is 3.55. The molecule has 0 radical (unpaired) electrons. The highest BCUT2D eigenvalue weighted by Gasteiger charge is 2.28. The third-order valence-electron chi connectivity index (χ3n) is 4.73. The number of aromatic hydroxyl groups is 1. The topological polar surface area (TPSA) is 56.3 Å². The molecule has 0 bridgehead atoms. The number of phenols is 1. The van der Waals surface area contributed by atoms with Crippen LogP contribution in [0.3, 0.4) is 0 Å². The number of hydrogen-bond acceptors (Lipinski definition) is 5. The standard InChI is InChI=1S/C18H27N3O3/c1-14-11-21(12-15(2)24-14)18(23)13-19-7-9-20(10-8-19)16-5-3-4-6-17(16)22/h3-6,14-15,22H,7-13H2,1-2H3. The second-order valence-electron chi connectivity index (χ2n) is 6.81. The molecule has 2 fully saturated rings. The van der Waals surface area contributed by atoms with E-state index in [4.69, 9.17) is 4.74 Å². The molecule has 2 aliphatic rings. The van der Waals surface area contributed by atoms with Gasteiger partial charge in [0.25, 0.3) is 0 Å². The molecule has 2 saturated heterocycles. The fraction of sp³-hybridized carbons (Fsp3) is 0.611. The van der Waals surface area contributed by atoms with Gasteiger partial charge in [-0.05, 0) is 26.0 Å². The molecule has 2 aliphatic heterocycles. The lowest BCUT2D eigenvalue weighted by molar-refractivity contribution is -0.144. The van der Waals surface area contributed by atoms with Gasteiger partial charge in [0.05, 0.1) is 24.4 Å². The maximum atomic E-state index is 12.5. The highest BCUT2D eigenvalue weighted by atomic mass is 16.5. The van der Waals surface area contributed by atoms with E-state index < -0.39 is 0 Å². The smallest absolute Gasteiger partial charge is 0.236 e. The maximum Gasteiger partial charge on any atom is 0.236 e. The summed E-state index contributed by atoms with van der Waals surface area (Å²) in [5.41, 5.74) is 0.874. The lowest BCUT2D eigenvalue weighted by Gasteiger charge is -2.39. The van der Waals surface area contributed by atoms with Crippen LogP contribution in [-0.4, -0.2) is 78.8 Å². The zero-order chi connectivity index (χ0) is 17.1. The second kappa shape index (κ2) is 7.40. The van der Waals surface area contributed by atoms with Crippen LogP contribution in [0.15, 0.2) is 24.3 Å². The van der Waals surface area contributed by atoms with Crippen molar-refractivity contribution in [2.24, 2.45) is 0 Å². The second-order valence-corrected chi connectivity index (χ2v) is 6.81. The van der Waals surface area contributed by atoms with Crippen LogP contribution in [0, 0.1) is 0 Å². The third kappa shape index (κ3) is 3.99. The Bertz CT molecular complexity index is 562. The highest BCUT2D eigenvalue weighted by Crippen LogP contribution is 2.27. The lowest BCUT2D eigenvalue weighted by Crippen LogP contribution is -2.53. The van der Waals surface area contributed by atoms with Crippen molar-refractivity contribution in [3.05, 3.63) is 24.3 Å². The number of amides is 1. The molecule has 0 aliphatic carbocycles. The average molecular weight is 333 g/mol. The lowest BCUT2D eigenvalue weighted by atomic mass is 10.2. The predicted molar refractivity (Wildman–Crippen MR) is 93.3 cm³/mol. The summed E-state index contributed by atoms with van der Waals surface area (Å²) in [6.07, 6.45) is 0.214. The molecule has 1 amide bonds. The Morgan fingerprint density at radius 1 is 1.12 bits per heavy atom. The van der Waals surface area contributed by atoms with Crippen molar-refractivity contribution in [2.45, 2.75) is 26.1 Å². The molecular formula is C18H27N3O3. The van der Waals surface area contributed by atoms with Crippen molar-refractivity contribution >= 4 is 11.6 Å². The summed E-state index contributed by atoms with van der Waals surface area (Å²) in [6.45, 7) is 9.16. The first kappa shape index (κ1) is 17.0. The predicted octanol–water partition coefficient (Wildman–Crippen LogP) is 1.15. The number of ether oxygens (including phenoxy) is 1. The number of morpholine rings is 1. The molecule has 1 aromatic rings. The molecule has 2 unspecified atom stereocenters. The molecule has 24 heavy (non-hydrogen) atoms. The first-order valence-electron chi connectivity index (χ1n) is 8.71. The molecule has 1 aromatic carbocycles. The molecule has 3 rings (SSSR count). The van der Waals surface area contributed by atoms with Crippen LogP contribution in [0.2, 0.25) is 0 Å². The number of carbonyl (C=O) groups is 1. The number of phenolic OH excluding ortho intramolecular Hbond substituents is 1. The van der Waals surface area contributed by atoms with E-state index in [-0.39, 0.29) is 18.1 Å². The molecule has 2 heterocycles. The van der Waals surface area contributed by atoms with Gasteiger partial charge in [-0.15, -0.1) is 0 Å². The minimum Gasteiger partial charge on any atom is -0.506 e. The number of para-hydroxylation sites is 2. The minimum atomic E-state index is 0.107. The van der Waals surface area contributed by atoms with Gasteiger partial charge >= 0.3 is 0 Å². The Kier molecular flexibility index (Phi) is 5.26. The van der Waals surface area contributed by atoms with Crippen molar-refractivity contribution in [2.75, 3.05) is 50.7 Å². The van der Waals surface area contributed by atoms with Crippen LogP contribution in [-0.2, 0) is 9.53 Å². The summed E-state index contributed by atoms with van der Waals surface area (Å²) < 4.78 is 5.69. The van der Waals surface area contributed by atoms with Crippen LogP contribution in [0.1, 0.15) is 13.8 Å². The van der Waals surface area contributed by atoms with E-state index in [1.807, 2.05) is 36.9 Å². The zero-order valence-electron chi connectivity index (χ0n) is 14.5. The zero-order valence-corrected chi connectivity index (χ0v) is 14.5. The summed E-state index contributed by atoms with van der Waals surface area (Å²) in [6, 6.07) is 7.42. The third-order valence-corrected chi connectivity index (χ3v) is 4.73. The molecule has 0 spiro atoms. The Morgan fingerprint density at radius 3 is 2.38 bits per heavy atom. The number of hydrogen-bond donors (Lipinski definition) is 1. The van der Waals surface area contributed by atoms with Gasteiger partial charge in [0, 0.05) is 39.3 Å². The number of anilines is 1. The van der Waals surface area contributed by atoms with Crippen LogP contribution >= 0.6 is 0 Å². The molecule has 132 valence electrons. The quantitative estimate of drug-likeness (QED) is 0.899. The van der Waals surface area contributed by atoms with Crippen molar-refractivity contribution in [3.63, 3.8) is 0 Å². The van der Waals surface area contributed by atoms with Crippen molar-refractivity contribution in [1.29, 1.82) is 0 Å². The van der Waals surface area contributed by atoms with E-state index in [2.05, 4.69) is 9.80 Å². The summed E-state index contributed by atoms with van der Waals surface area (Å²) in [5, 5.41) is 9.97. The summed E-state index contributed by atoms with van der Waals surface area (Å²) in [5.74, 6) is 0.506. The monoisotopic (exact) mass is 333 g/mol. The fourth-order valence-electron chi connectivity index (χ4n) is 3.55. The van der Waals surface area contributed by atoms with Gasteiger partial charge in [0.2, 0.25) is 5.91 Å². The van der Waals surface area contributed by atoms with Gasteiger partial charge in [-0.3, -0.25) is 9.69 Å². The van der Waals surface area contributed by atoms with Gasteiger partial charge < -0.3 is 19.6 Å². The maximum absolute atomic E-state index is 12.5. The molecule has 6 heteroatoms. The van der Waals surface area contributed by atoms with Gasteiger partial charge in [-0.1, -0.05) is 12.1 Å². The Balaban J connectivity index is 1.50. The van der Waals surface area contributed by atoms with E-state index in [9.17, 15) is 9.90 Å². The number of rotatable bonds is 3. The summed E-state index contributed by atoms with van der Waals surface area (Å²) >= 11 is 0. The molecule has 0 aromatic heterocycles. The van der Waals surface area contributed by atoms with Crippen LogP contribution < -0.4 is 4.90 Å². The number of carbonyl (C=O) groups excluding carboxylic acids is 1. The molecular weight excluding hydrogens is 306 g/mol. The van der Waals surface area contributed by atoms with E-state index in [1.165, 1.54) is 0 Å². The SMILES string of the molecule is CC1CN(C(=O)CN2CCN(c3ccccc3O)CC2)CC(C)O1.